The van der Waals surface area contributed by atoms with Crippen molar-refractivity contribution in [3.63, 3.8) is 0 Å². The van der Waals surface area contributed by atoms with Crippen LogP contribution < -0.4 is 4.74 Å². The van der Waals surface area contributed by atoms with Gasteiger partial charge in [0, 0.05) is 12.3 Å². The smallest absolute Gasteiger partial charge is 0.219 e. The molecule has 1 heterocycles. The third-order valence-corrected chi connectivity index (χ3v) is 2.13. The van der Waals surface area contributed by atoms with Crippen molar-refractivity contribution >= 4 is 11.6 Å². The monoisotopic (exact) mass is 230 g/mol. The molecule has 1 aromatic heterocycles. The number of nitrogens with zero attached hydrogens (tertiary/aromatic N) is 2. The van der Waals surface area contributed by atoms with E-state index >= 15 is 0 Å². The van der Waals surface area contributed by atoms with Gasteiger partial charge < -0.3 is 4.74 Å². The van der Waals surface area contributed by atoms with E-state index in [-0.39, 0.29) is 0 Å². The van der Waals surface area contributed by atoms with Gasteiger partial charge in [0.15, 0.2) is 0 Å². The van der Waals surface area contributed by atoms with Crippen LogP contribution in [0.5, 0.6) is 11.6 Å². The van der Waals surface area contributed by atoms with Crippen molar-refractivity contribution in [3.8, 4) is 17.7 Å². The Labute approximate surface area is 97.9 Å². The maximum absolute atomic E-state index is 8.63. The number of rotatable bonds is 2. The number of halogens is 1. The molecule has 0 bridgehead atoms. The first-order valence-electron chi connectivity index (χ1n) is 4.57. The molecular formula is C12H7ClN2O. The zero-order valence-electron chi connectivity index (χ0n) is 8.22. The summed E-state index contributed by atoms with van der Waals surface area (Å²) in [6.07, 6.45) is 1.51. The Morgan fingerprint density at radius 1 is 1.12 bits per heavy atom. The highest BCUT2D eigenvalue weighted by atomic mass is 35.5. The minimum absolute atomic E-state index is 0.467. The topological polar surface area (TPSA) is 45.9 Å². The van der Waals surface area contributed by atoms with E-state index in [9.17, 15) is 0 Å². The van der Waals surface area contributed by atoms with Crippen LogP contribution in [-0.2, 0) is 0 Å². The normalized spacial score (nSPS) is 9.50. The van der Waals surface area contributed by atoms with Gasteiger partial charge in [0.25, 0.3) is 0 Å². The quantitative estimate of drug-likeness (QED) is 0.794. The molecule has 0 saturated heterocycles. The van der Waals surface area contributed by atoms with Crippen LogP contribution in [0.15, 0.2) is 42.6 Å². The molecule has 3 nitrogen and oxygen atoms in total. The standard InChI is InChI=1S/C12H7ClN2O/c13-10-3-6-12(15-8-10)16-11-4-1-9(7-14)2-5-11/h1-6,8H. The first-order valence-corrected chi connectivity index (χ1v) is 4.95. The maximum Gasteiger partial charge on any atom is 0.219 e. The lowest BCUT2D eigenvalue weighted by molar-refractivity contribution is 0.463. The highest BCUT2D eigenvalue weighted by Gasteiger charge is 1.98. The SMILES string of the molecule is N#Cc1ccc(Oc2ccc(Cl)cn2)cc1. The molecule has 0 amide bonds. The minimum atomic E-state index is 0.467. The molecule has 0 aliphatic rings. The Morgan fingerprint density at radius 3 is 2.44 bits per heavy atom. The van der Waals surface area contributed by atoms with Gasteiger partial charge in [0.2, 0.25) is 5.88 Å². The summed E-state index contributed by atoms with van der Waals surface area (Å²) in [6.45, 7) is 0. The molecule has 0 unspecified atom stereocenters. The average molecular weight is 231 g/mol. The lowest BCUT2D eigenvalue weighted by atomic mass is 10.2. The second-order valence-electron chi connectivity index (χ2n) is 3.05. The zero-order valence-corrected chi connectivity index (χ0v) is 8.98. The fourth-order valence-corrected chi connectivity index (χ4v) is 1.25. The van der Waals surface area contributed by atoms with Gasteiger partial charge in [-0.15, -0.1) is 0 Å². The van der Waals surface area contributed by atoms with Gasteiger partial charge in [-0.25, -0.2) is 4.98 Å². The fourth-order valence-electron chi connectivity index (χ4n) is 1.14. The van der Waals surface area contributed by atoms with E-state index in [4.69, 9.17) is 21.6 Å². The average Bonchev–Trinajstić information content (AvgIpc) is 2.33. The van der Waals surface area contributed by atoms with Gasteiger partial charge in [0.1, 0.15) is 5.75 Å². The Kier molecular flexibility index (Phi) is 3.04. The van der Waals surface area contributed by atoms with E-state index in [0.717, 1.165) is 0 Å². The number of hydrogen-bond donors (Lipinski definition) is 0. The summed E-state index contributed by atoms with van der Waals surface area (Å²) in [4.78, 5) is 4.00. The van der Waals surface area contributed by atoms with Gasteiger partial charge in [-0.3, -0.25) is 0 Å². The third-order valence-electron chi connectivity index (χ3n) is 1.91. The Bertz CT molecular complexity index is 514. The molecule has 2 aromatic rings. The number of ether oxygens (including phenoxy) is 1. The van der Waals surface area contributed by atoms with Crippen molar-refractivity contribution in [3.05, 3.63) is 53.2 Å². The Hall–Kier alpha value is -2.05. The van der Waals surface area contributed by atoms with Crippen LogP contribution in [0.2, 0.25) is 5.02 Å². The predicted octanol–water partition coefficient (Wildman–Crippen LogP) is 3.40. The number of hydrogen-bond acceptors (Lipinski definition) is 3. The molecule has 0 spiro atoms. The summed E-state index contributed by atoms with van der Waals surface area (Å²) in [5, 5.41) is 9.19. The van der Waals surface area contributed by atoms with Crippen LogP contribution >= 0.6 is 11.6 Å². The van der Waals surface area contributed by atoms with E-state index in [0.29, 0.717) is 22.2 Å². The minimum Gasteiger partial charge on any atom is -0.439 e. The van der Waals surface area contributed by atoms with Crippen molar-refractivity contribution < 1.29 is 4.74 Å². The molecule has 0 atom stereocenters. The van der Waals surface area contributed by atoms with Crippen molar-refractivity contribution in [1.29, 1.82) is 5.26 Å². The van der Waals surface area contributed by atoms with Crippen LogP contribution in [0.1, 0.15) is 5.56 Å². The van der Waals surface area contributed by atoms with Gasteiger partial charge >= 0.3 is 0 Å². The van der Waals surface area contributed by atoms with E-state index < -0.39 is 0 Å². The second-order valence-corrected chi connectivity index (χ2v) is 3.49. The summed E-state index contributed by atoms with van der Waals surface area (Å²) >= 11 is 5.70. The summed E-state index contributed by atoms with van der Waals surface area (Å²) in [5.74, 6) is 1.10. The first kappa shape index (κ1) is 10.5. The van der Waals surface area contributed by atoms with Gasteiger partial charge in [-0.05, 0) is 30.3 Å². The Morgan fingerprint density at radius 2 is 1.88 bits per heavy atom. The largest absolute Gasteiger partial charge is 0.439 e. The molecule has 0 fully saturated rings. The zero-order chi connectivity index (χ0) is 11.4. The van der Waals surface area contributed by atoms with Crippen LogP contribution in [0.3, 0.4) is 0 Å². The van der Waals surface area contributed by atoms with E-state index in [1.54, 1.807) is 36.4 Å². The number of pyridine rings is 1. The molecule has 0 radical (unpaired) electrons. The van der Waals surface area contributed by atoms with Gasteiger partial charge in [0.05, 0.1) is 16.7 Å². The molecule has 0 saturated carbocycles. The van der Waals surface area contributed by atoms with Gasteiger partial charge in [-0.2, -0.15) is 5.26 Å². The second kappa shape index (κ2) is 4.65. The maximum atomic E-state index is 8.63. The molecular weight excluding hydrogens is 224 g/mol. The molecule has 0 aliphatic heterocycles. The molecule has 2 rings (SSSR count). The van der Waals surface area contributed by atoms with Gasteiger partial charge in [-0.1, -0.05) is 11.6 Å². The summed E-state index contributed by atoms with van der Waals surface area (Å²) in [6, 6.07) is 12.2. The van der Waals surface area contributed by atoms with E-state index in [1.165, 1.54) is 6.20 Å². The van der Waals surface area contributed by atoms with E-state index in [1.807, 2.05) is 6.07 Å². The van der Waals surface area contributed by atoms with Crippen molar-refractivity contribution in [2.24, 2.45) is 0 Å². The first-order chi connectivity index (χ1) is 7.78. The fraction of sp³-hybridized carbons (Fsp3) is 0. The molecule has 0 aliphatic carbocycles. The highest BCUT2D eigenvalue weighted by Crippen LogP contribution is 2.20. The lowest BCUT2D eigenvalue weighted by Crippen LogP contribution is -1.87. The van der Waals surface area contributed by atoms with Crippen molar-refractivity contribution in [1.82, 2.24) is 4.98 Å². The van der Waals surface area contributed by atoms with Crippen molar-refractivity contribution in [2.75, 3.05) is 0 Å². The summed E-state index contributed by atoms with van der Waals surface area (Å²) in [5.41, 5.74) is 0.594. The predicted molar refractivity (Wildman–Crippen MR) is 60.5 cm³/mol. The van der Waals surface area contributed by atoms with Crippen LogP contribution in [0, 0.1) is 11.3 Å². The summed E-state index contributed by atoms with van der Waals surface area (Å²) in [7, 11) is 0. The highest BCUT2D eigenvalue weighted by molar-refractivity contribution is 6.30. The molecule has 78 valence electrons. The summed E-state index contributed by atoms with van der Waals surface area (Å²) < 4.78 is 5.45. The van der Waals surface area contributed by atoms with Crippen LogP contribution in [-0.4, -0.2) is 4.98 Å². The number of benzene rings is 1. The molecule has 0 N–H and O–H groups in total. The third kappa shape index (κ3) is 2.50. The molecule has 1 aromatic carbocycles. The van der Waals surface area contributed by atoms with Crippen LogP contribution in [0.25, 0.3) is 0 Å². The molecule has 4 heteroatoms. The molecule has 16 heavy (non-hydrogen) atoms. The lowest BCUT2D eigenvalue weighted by Gasteiger charge is -2.03. The van der Waals surface area contributed by atoms with Crippen molar-refractivity contribution in [2.45, 2.75) is 0 Å². The Balaban J connectivity index is 2.15. The van der Waals surface area contributed by atoms with Crippen LogP contribution in [0.4, 0.5) is 0 Å². The number of nitriles is 1. The number of aromatic nitrogens is 1. The van der Waals surface area contributed by atoms with E-state index in [2.05, 4.69) is 4.98 Å².